The summed E-state index contributed by atoms with van der Waals surface area (Å²) < 4.78 is 19.1. The van der Waals surface area contributed by atoms with Crippen LogP contribution in [0.3, 0.4) is 0 Å². The number of ether oxygens (including phenoxy) is 1. The van der Waals surface area contributed by atoms with Gasteiger partial charge in [-0.15, -0.1) is 0 Å². The highest BCUT2D eigenvalue weighted by Gasteiger charge is 2.03. The Morgan fingerprint density at radius 3 is 2.45 bits per heavy atom. The minimum atomic E-state index is -0.315. The summed E-state index contributed by atoms with van der Waals surface area (Å²) in [6.07, 6.45) is 0.618. The van der Waals surface area contributed by atoms with Crippen molar-refractivity contribution in [1.82, 2.24) is 5.32 Å². The van der Waals surface area contributed by atoms with Crippen LogP contribution in [0.5, 0.6) is 11.5 Å². The Balaban J connectivity index is 2.12. The average Bonchev–Trinajstić information content (AvgIpc) is 2.41. The fourth-order valence-corrected chi connectivity index (χ4v) is 1.98. The van der Waals surface area contributed by atoms with E-state index in [1.807, 2.05) is 31.3 Å². The third-order valence-electron chi connectivity index (χ3n) is 2.87. The van der Waals surface area contributed by atoms with Gasteiger partial charge in [-0.1, -0.05) is 12.1 Å². The molecule has 3 nitrogen and oxygen atoms in total. The molecule has 0 unspecified atom stereocenters. The van der Waals surface area contributed by atoms with Crippen LogP contribution in [0.4, 0.5) is 4.39 Å². The maximum Gasteiger partial charge on any atom is 0.130 e. The molecular formula is C16H18FNO2. The van der Waals surface area contributed by atoms with Gasteiger partial charge < -0.3 is 15.2 Å². The normalized spacial score (nSPS) is 10.6. The van der Waals surface area contributed by atoms with E-state index in [9.17, 15) is 4.39 Å². The van der Waals surface area contributed by atoms with Crippen LogP contribution in [0, 0.1) is 5.82 Å². The van der Waals surface area contributed by atoms with Gasteiger partial charge in [0, 0.05) is 19.2 Å². The van der Waals surface area contributed by atoms with Crippen molar-refractivity contribution < 1.29 is 14.2 Å². The second kappa shape index (κ2) is 7.03. The SMILES string of the molecule is CNCc1cc(F)cc(Oc2ccc(CCO)cc2)c1. The Morgan fingerprint density at radius 1 is 1.05 bits per heavy atom. The zero-order chi connectivity index (χ0) is 14.4. The average molecular weight is 275 g/mol. The van der Waals surface area contributed by atoms with E-state index in [-0.39, 0.29) is 12.4 Å². The van der Waals surface area contributed by atoms with E-state index in [2.05, 4.69) is 5.32 Å². The van der Waals surface area contributed by atoms with Gasteiger partial charge in [0.05, 0.1) is 0 Å². The predicted molar refractivity (Wildman–Crippen MR) is 76.5 cm³/mol. The van der Waals surface area contributed by atoms with Gasteiger partial charge in [0.15, 0.2) is 0 Å². The number of aliphatic hydroxyl groups is 1. The highest BCUT2D eigenvalue weighted by Crippen LogP contribution is 2.24. The lowest BCUT2D eigenvalue weighted by atomic mass is 10.1. The summed E-state index contributed by atoms with van der Waals surface area (Å²) in [6, 6.07) is 12.1. The molecule has 2 aromatic rings. The molecule has 0 aliphatic rings. The first-order valence-electron chi connectivity index (χ1n) is 6.53. The zero-order valence-electron chi connectivity index (χ0n) is 11.4. The second-order valence-electron chi connectivity index (χ2n) is 4.55. The number of hydrogen-bond acceptors (Lipinski definition) is 3. The van der Waals surface area contributed by atoms with Crippen molar-refractivity contribution in [3.05, 3.63) is 59.4 Å². The van der Waals surface area contributed by atoms with Gasteiger partial charge in [0.1, 0.15) is 17.3 Å². The predicted octanol–water partition coefficient (Wildman–Crippen LogP) is 2.87. The highest BCUT2D eigenvalue weighted by molar-refractivity contribution is 5.35. The van der Waals surface area contributed by atoms with Gasteiger partial charge in [-0.25, -0.2) is 4.39 Å². The molecule has 106 valence electrons. The third-order valence-corrected chi connectivity index (χ3v) is 2.87. The number of hydrogen-bond donors (Lipinski definition) is 2. The summed E-state index contributed by atoms with van der Waals surface area (Å²) in [6.45, 7) is 0.709. The Bertz CT molecular complexity index is 555. The molecule has 0 saturated heterocycles. The fourth-order valence-electron chi connectivity index (χ4n) is 1.98. The molecule has 0 spiro atoms. The Kier molecular flexibility index (Phi) is 5.09. The lowest BCUT2D eigenvalue weighted by Gasteiger charge is -2.09. The first-order valence-corrected chi connectivity index (χ1v) is 6.53. The summed E-state index contributed by atoms with van der Waals surface area (Å²) in [5.41, 5.74) is 1.87. The third kappa shape index (κ3) is 4.05. The van der Waals surface area contributed by atoms with Crippen LogP contribution in [0.25, 0.3) is 0 Å². The molecule has 2 aromatic carbocycles. The highest BCUT2D eigenvalue weighted by atomic mass is 19.1. The van der Waals surface area contributed by atoms with Gasteiger partial charge in [-0.3, -0.25) is 0 Å². The molecule has 0 fully saturated rings. The van der Waals surface area contributed by atoms with Crippen molar-refractivity contribution in [2.24, 2.45) is 0 Å². The first-order chi connectivity index (χ1) is 9.71. The monoisotopic (exact) mass is 275 g/mol. The van der Waals surface area contributed by atoms with E-state index >= 15 is 0 Å². The smallest absolute Gasteiger partial charge is 0.130 e. The molecule has 0 atom stereocenters. The summed E-state index contributed by atoms with van der Waals surface area (Å²) >= 11 is 0. The van der Waals surface area contributed by atoms with E-state index in [0.29, 0.717) is 24.5 Å². The summed E-state index contributed by atoms with van der Waals surface area (Å²) in [7, 11) is 1.81. The number of halogens is 1. The lowest BCUT2D eigenvalue weighted by Crippen LogP contribution is -2.05. The van der Waals surface area contributed by atoms with Crippen LogP contribution in [0.1, 0.15) is 11.1 Å². The molecule has 2 rings (SSSR count). The van der Waals surface area contributed by atoms with E-state index < -0.39 is 0 Å². The molecule has 20 heavy (non-hydrogen) atoms. The molecule has 0 saturated carbocycles. The van der Waals surface area contributed by atoms with E-state index in [1.54, 1.807) is 6.07 Å². The Hall–Kier alpha value is -1.91. The molecule has 0 aliphatic carbocycles. The van der Waals surface area contributed by atoms with Crippen molar-refractivity contribution >= 4 is 0 Å². The summed E-state index contributed by atoms with van der Waals surface area (Å²) in [5.74, 6) is 0.808. The molecule has 2 N–H and O–H groups in total. The quantitative estimate of drug-likeness (QED) is 0.851. The van der Waals surface area contributed by atoms with E-state index in [0.717, 1.165) is 11.1 Å². The Morgan fingerprint density at radius 2 is 1.80 bits per heavy atom. The standard InChI is InChI=1S/C16H18FNO2/c1-18-11-13-8-14(17)10-16(9-13)20-15-4-2-12(3-5-15)6-7-19/h2-5,8-10,18-19H,6-7,11H2,1H3. The summed E-state index contributed by atoms with van der Waals surface area (Å²) in [5, 5.41) is 11.8. The molecule has 0 aromatic heterocycles. The van der Waals surface area contributed by atoms with Crippen molar-refractivity contribution in [2.75, 3.05) is 13.7 Å². The van der Waals surface area contributed by atoms with Crippen molar-refractivity contribution in [3.63, 3.8) is 0 Å². The minimum absolute atomic E-state index is 0.122. The van der Waals surface area contributed by atoms with Crippen LogP contribution >= 0.6 is 0 Å². The summed E-state index contributed by atoms with van der Waals surface area (Å²) in [4.78, 5) is 0. The van der Waals surface area contributed by atoms with Crippen LogP contribution in [-0.4, -0.2) is 18.8 Å². The van der Waals surface area contributed by atoms with E-state index in [4.69, 9.17) is 9.84 Å². The Labute approximate surface area is 118 Å². The maximum atomic E-state index is 13.5. The molecule has 4 heteroatoms. The first kappa shape index (κ1) is 14.5. The molecule has 0 bridgehead atoms. The molecule has 0 radical (unpaired) electrons. The second-order valence-corrected chi connectivity index (χ2v) is 4.55. The number of benzene rings is 2. The van der Waals surface area contributed by atoms with Crippen LogP contribution in [0.2, 0.25) is 0 Å². The van der Waals surface area contributed by atoms with Gasteiger partial charge >= 0.3 is 0 Å². The van der Waals surface area contributed by atoms with Crippen LogP contribution in [0.15, 0.2) is 42.5 Å². The molecule has 0 amide bonds. The minimum Gasteiger partial charge on any atom is -0.457 e. The van der Waals surface area contributed by atoms with Crippen molar-refractivity contribution in [2.45, 2.75) is 13.0 Å². The van der Waals surface area contributed by atoms with Crippen LogP contribution in [-0.2, 0) is 13.0 Å². The maximum absolute atomic E-state index is 13.5. The number of rotatable bonds is 6. The van der Waals surface area contributed by atoms with Crippen molar-refractivity contribution in [1.29, 1.82) is 0 Å². The molecule has 0 heterocycles. The van der Waals surface area contributed by atoms with Crippen LogP contribution < -0.4 is 10.1 Å². The largest absolute Gasteiger partial charge is 0.457 e. The molecule has 0 aliphatic heterocycles. The number of nitrogens with one attached hydrogen (secondary N) is 1. The molecular weight excluding hydrogens is 257 g/mol. The van der Waals surface area contributed by atoms with E-state index in [1.165, 1.54) is 12.1 Å². The van der Waals surface area contributed by atoms with Gasteiger partial charge in [0.25, 0.3) is 0 Å². The van der Waals surface area contributed by atoms with Gasteiger partial charge in [-0.05, 0) is 48.9 Å². The zero-order valence-corrected chi connectivity index (χ0v) is 11.4. The lowest BCUT2D eigenvalue weighted by molar-refractivity contribution is 0.299. The number of aliphatic hydroxyl groups excluding tert-OH is 1. The van der Waals surface area contributed by atoms with Crippen molar-refractivity contribution in [3.8, 4) is 11.5 Å². The van der Waals surface area contributed by atoms with Gasteiger partial charge in [0.2, 0.25) is 0 Å². The van der Waals surface area contributed by atoms with Gasteiger partial charge in [-0.2, -0.15) is 0 Å². The topological polar surface area (TPSA) is 41.5 Å². The fraction of sp³-hybridized carbons (Fsp3) is 0.250.